The predicted molar refractivity (Wildman–Crippen MR) is 108 cm³/mol. The Balaban J connectivity index is 1.94. The van der Waals surface area contributed by atoms with Gasteiger partial charge in [-0.05, 0) is 55.7 Å². The van der Waals surface area contributed by atoms with E-state index in [-0.39, 0.29) is 11.5 Å². The Bertz CT molecular complexity index is 1060. The molecule has 2 N–H and O–H groups in total. The van der Waals surface area contributed by atoms with Crippen LogP contribution in [-0.2, 0) is 11.2 Å². The Labute approximate surface area is 168 Å². The molecule has 0 saturated heterocycles. The standard InChI is InChI=1S/C23H22FNO4/c1-13-4-6-16(7-5-13)23-19(26)9-8-17(25-23)11-18-14(2)10-20(22(24)15(18)3)29-12-21(27)28/h4-10,26H,11-12H2,1-3H3,(H,27,28). The number of aliphatic carboxylic acids is 1. The van der Waals surface area contributed by atoms with Crippen molar-refractivity contribution in [3.8, 4) is 22.8 Å². The third-order valence-corrected chi connectivity index (χ3v) is 4.79. The molecule has 3 aromatic rings. The summed E-state index contributed by atoms with van der Waals surface area (Å²) in [6, 6.07) is 12.5. The highest BCUT2D eigenvalue weighted by atomic mass is 19.1. The Hall–Kier alpha value is -3.41. The molecule has 0 aliphatic carbocycles. The van der Waals surface area contributed by atoms with Crippen LogP contribution in [0.2, 0.25) is 0 Å². The van der Waals surface area contributed by atoms with E-state index in [4.69, 9.17) is 9.84 Å². The van der Waals surface area contributed by atoms with Crippen LogP contribution in [0, 0.1) is 26.6 Å². The molecule has 0 aliphatic heterocycles. The summed E-state index contributed by atoms with van der Waals surface area (Å²) in [6.07, 6.45) is 0.368. The maximum Gasteiger partial charge on any atom is 0.341 e. The number of carboxylic acids is 1. The van der Waals surface area contributed by atoms with Crippen LogP contribution in [0.4, 0.5) is 4.39 Å². The van der Waals surface area contributed by atoms with Gasteiger partial charge in [0.05, 0.1) is 0 Å². The van der Waals surface area contributed by atoms with E-state index in [9.17, 15) is 14.3 Å². The summed E-state index contributed by atoms with van der Waals surface area (Å²) in [7, 11) is 0. The highest BCUT2D eigenvalue weighted by Crippen LogP contribution is 2.31. The second kappa shape index (κ2) is 8.31. The largest absolute Gasteiger partial charge is 0.506 e. The van der Waals surface area contributed by atoms with Gasteiger partial charge in [-0.25, -0.2) is 14.2 Å². The van der Waals surface area contributed by atoms with Gasteiger partial charge in [-0.2, -0.15) is 0 Å². The first-order valence-corrected chi connectivity index (χ1v) is 9.15. The first-order chi connectivity index (χ1) is 13.8. The highest BCUT2D eigenvalue weighted by molar-refractivity contribution is 5.68. The number of hydrogen-bond acceptors (Lipinski definition) is 4. The summed E-state index contributed by atoms with van der Waals surface area (Å²) in [6.45, 7) is 4.83. The van der Waals surface area contributed by atoms with E-state index in [0.717, 1.165) is 22.3 Å². The Kier molecular flexibility index (Phi) is 5.82. The zero-order valence-corrected chi connectivity index (χ0v) is 16.5. The molecule has 0 amide bonds. The minimum Gasteiger partial charge on any atom is -0.506 e. The van der Waals surface area contributed by atoms with Crippen LogP contribution in [-0.4, -0.2) is 27.8 Å². The molecule has 0 saturated carbocycles. The molecular weight excluding hydrogens is 373 g/mol. The van der Waals surface area contributed by atoms with Crippen LogP contribution in [0.5, 0.6) is 11.5 Å². The average molecular weight is 395 g/mol. The van der Waals surface area contributed by atoms with Crippen molar-refractivity contribution in [1.82, 2.24) is 4.98 Å². The van der Waals surface area contributed by atoms with Gasteiger partial charge in [0.2, 0.25) is 0 Å². The zero-order chi connectivity index (χ0) is 21.1. The van der Waals surface area contributed by atoms with Gasteiger partial charge < -0.3 is 14.9 Å². The Morgan fingerprint density at radius 2 is 1.79 bits per heavy atom. The third-order valence-electron chi connectivity index (χ3n) is 4.79. The number of rotatable bonds is 6. The Morgan fingerprint density at radius 3 is 2.45 bits per heavy atom. The lowest BCUT2D eigenvalue weighted by Gasteiger charge is -2.15. The van der Waals surface area contributed by atoms with Gasteiger partial charge in [0.15, 0.2) is 18.2 Å². The Morgan fingerprint density at radius 1 is 1.10 bits per heavy atom. The number of aromatic nitrogens is 1. The molecule has 0 radical (unpaired) electrons. The van der Waals surface area contributed by atoms with Crippen LogP contribution in [0.3, 0.4) is 0 Å². The van der Waals surface area contributed by atoms with E-state index in [1.54, 1.807) is 19.1 Å². The molecule has 0 atom stereocenters. The maximum atomic E-state index is 14.7. The quantitative estimate of drug-likeness (QED) is 0.639. The molecule has 0 unspecified atom stereocenters. The minimum absolute atomic E-state index is 0.0784. The van der Waals surface area contributed by atoms with Crippen LogP contribution in [0.25, 0.3) is 11.3 Å². The van der Waals surface area contributed by atoms with Crippen molar-refractivity contribution in [2.75, 3.05) is 6.61 Å². The molecule has 3 rings (SSSR count). The van der Waals surface area contributed by atoms with Gasteiger partial charge in [-0.15, -0.1) is 0 Å². The van der Waals surface area contributed by atoms with Crippen molar-refractivity contribution in [2.24, 2.45) is 0 Å². The zero-order valence-electron chi connectivity index (χ0n) is 16.5. The number of aromatic hydroxyl groups is 1. The highest BCUT2D eigenvalue weighted by Gasteiger charge is 2.17. The number of ether oxygens (including phenoxy) is 1. The first-order valence-electron chi connectivity index (χ1n) is 9.15. The molecule has 2 aromatic carbocycles. The van der Waals surface area contributed by atoms with Gasteiger partial charge >= 0.3 is 5.97 Å². The number of hydrogen-bond donors (Lipinski definition) is 2. The monoisotopic (exact) mass is 395 g/mol. The molecule has 0 fully saturated rings. The molecule has 1 heterocycles. The van der Waals surface area contributed by atoms with Gasteiger partial charge in [-0.1, -0.05) is 29.8 Å². The van der Waals surface area contributed by atoms with E-state index >= 15 is 0 Å². The van der Waals surface area contributed by atoms with Gasteiger partial charge in [0.25, 0.3) is 0 Å². The van der Waals surface area contributed by atoms with Gasteiger partial charge in [0, 0.05) is 17.7 Å². The molecule has 0 spiro atoms. The lowest BCUT2D eigenvalue weighted by molar-refractivity contribution is -0.139. The van der Waals surface area contributed by atoms with E-state index in [1.165, 1.54) is 6.07 Å². The van der Waals surface area contributed by atoms with E-state index in [1.807, 2.05) is 38.1 Å². The third kappa shape index (κ3) is 4.54. The van der Waals surface area contributed by atoms with E-state index < -0.39 is 18.4 Å². The first kappa shape index (κ1) is 20.3. The fourth-order valence-corrected chi connectivity index (χ4v) is 3.17. The SMILES string of the molecule is Cc1ccc(-c2nc(Cc3c(C)cc(OCC(=O)O)c(F)c3C)ccc2O)cc1. The molecule has 150 valence electrons. The average Bonchev–Trinajstić information content (AvgIpc) is 2.69. The summed E-state index contributed by atoms with van der Waals surface area (Å²) in [5.74, 6) is -1.75. The van der Waals surface area contributed by atoms with Crippen molar-refractivity contribution in [1.29, 1.82) is 0 Å². The van der Waals surface area contributed by atoms with Crippen molar-refractivity contribution in [3.63, 3.8) is 0 Å². The summed E-state index contributed by atoms with van der Waals surface area (Å²) in [4.78, 5) is 15.3. The van der Waals surface area contributed by atoms with Crippen molar-refractivity contribution < 1.29 is 24.1 Å². The van der Waals surface area contributed by atoms with E-state index in [2.05, 4.69) is 4.98 Å². The second-order valence-corrected chi connectivity index (χ2v) is 7.00. The minimum atomic E-state index is -1.17. The van der Waals surface area contributed by atoms with Crippen LogP contribution in [0.1, 0.15) is 27.9 Å². The fourth-order valence-electron chi connectivity index (χ4n) is 3.17. The van der Waals surface area contributed by atoms with Crippen LogP contribution >= 0.6 is 0 Å². The lowest BCUT2D eigenvalue weighted by atomic mass is 9.97. The topological polar surface area (TPSA) is 79.7 Å². The predicted octanol–water partition coefficient (Wildman–Crippen LogP) is 4.57. The van der Waals surface area contributed by atoms with E-state index in [0.29, 0.717) is 23.4 Å². The fraction of sp³-hybridized carbons (Fsp3) is 0.217. The number of carbonyl (C=O) groups is 1. The molecular formula is C23H22FNO4. The summed E-state index contributed by atoms with van der Waals surface area (Å²) in [5.41, 5.74) is 4.97. The lowest BCUT2D eigenvalue weighted by Crippen LogP contribution is -2.11. The van der Waals surface area contributed by atoms with Crippen LogP contribution < -0.4 is 4.74 Å². The normalized spacial score (nSPS) is 10.8. The molecule has 1 aromatic heterocycles. The summed E-state index contributed by atoms with van der Waals surface area (Å²) < 4.78 is 19.7. The molecule has 5 nitrogen and oxygen atoms in total. The number of aryl methyl sites for hydroxylation is 2. The number of halogens is 1. The molecule has 29 heavy (non-hydrogen) atoms. The van der Waals surface area contributed by atoms with Crippen molar-refractivity contribution in [2.45, 2.75) is 27.2 Å². The molecule has 6 heteroatoms. The van der Waals surface area contributed by atoms with Gasteiger partial charge in [-0.3, -0.25) is 0 Å². The second-order valence-electron chi connectivity index (χ2n) is 7.00. The number of carboxylic acid groups (broad SMARTS) is 1. The molecule has 0 aliphatic rings. The summed E-state index contributed by atoms with van der Waals surface area (Å²) in [5, 5.41) is 19.0. The number of pyridine rings is 1. The number of benzene rings is 2. The van der Waals surface area contributed by atoms with Gasteiger partial charge in [0.1, 0.15) is 11.4 Å². The van der Waals surface area contributed by atoms with Crippen molar-refractivity contribution in [3.05, 3.63) is 76.2 Å². The smallest absolute Gasteiger partial charge is 0.341 e. The number of nitrogens with zero attached hydrogens (tertiary/aromatic N) is 1. The maximum absolute atomic E-state index is 14.7. The molecule has 0 bridgehead atoms. The summed E-state index contributed by atoms with van der Waals surface area (Å²) >= 11 is 0. The van der Waals surface area contributed by atoms with Crippen LogP contribution in [0.15, 0.2) is 42.5 Å². The van der Waals surface area contributed by atoms with Crippen molar-refractivity contribution >= 4 is 5.97 Å².